The summed E-state index contributed by atoms with van der Waals surface area (Å²) >= 11 is 0. The van der Waals surface area contributed by atoms with Gasteiger partial charge in [0, 0.05) is 0 Å². The molecule has 3 nitrogen and oxygen atoms in total. The number of carbonyl (C=O) groups excluding carboxylic acids is 1. The molecule has 0 atom stereocenters. The summed E-state index contributed by atoms with van der Waals surface area (Å²) in [4.78, 5) is 10.6. The first-order chi connectivity index (χ1) is 7.18. The van der Waals surface area contributed by atoms with Crippen LogP contribution in [-0.2, 0) is 16.1 Å². The molecule has 4 heteroatoms. The molecule has 1 aromatic rings. The van der Waals surface area contributed by atoms with Crippen LogP contribution in [0.2, 0.25) is 0 Å². The zero-order chi connectivity index (χ0) is 11.1. The summed E-state index contributed by atoms with van der Waals surface area (Å²) in [7, 11) is 3.70. The van der Waals surface area contributed by atoms with Gasteiger partial charge in [0.2, 0.25) is 0 Å². The Morgan fingerprint density at radius 3 is 2.67 bits per heavy atom. The van der Waals surface area contributed by atoms with Crippen LogP contribution in [0.3, 0.4) is 0 Å². The molecule has 0 unspecified atom stereocenters. The monoisotopic (exact) mass is 203 g/mol. The minimum atomic E-state index is -0.0838. The number of nitrogens with one attached hydrogen (secondary N) is 1. The molecule has 15 heavy (non-hydrogen) atoms. The molecule has 0 aliphatic heterocycles. The molecule has 1 N–H and O–H groups in total. The summed E-state index contributed by atoms with van der Waals surface area (Å²) < 4.78 is 5.37. The molecule has 0 saturated heterocycles. The Bertz CT molecular complexity index is 338. The Labute approximate surface area is 90.5 Å². The van der Waals surface area contributed by atoms with E-state index in [1.165, 1.54) is 6.92 Å². The van der Waals surface area contributed by atoms with Crippen LogP contribution in [0.15, 0.2) is 30.3 Å². The van der Waals surface area contributed by atoms with Gasteiger partial charge in [0.15, 0.2) is 0 Å². The molecule has 0 fully saturated rings. The Hall–Kier alpha value is -1.58. The fourth-order valence-corrected chi connectivity index (χ4v) is 1.03. The third-order valence-corrected chi connectivity index (χ3v) is 1.82. The zero-order valence-corrected chi connectivity index (χ0v) is 8.82. The van der Waals surface area contributed by atoms with Crippen molar-refractivity contribution >= 4 is 19.0 Å². The summed E-state index contributed by atoms with van der Waals surface area (Å²) in [6, 6.07) is 9.82. The molecular weight excluding hydrogens is 189 g/mol. The molecule has 0 heterocycles. The second-order valence-electron chi connectivity index (χ2n) is 3.22. The number of hydrogen-bond acceptors (Lipinski definition) is 2. The van der Waals surface area contributed by atoms with E-state index in [0.29, 0.717) is 18.8 Å². The third-order valence-electron chi connectivity index (χ3n) is 1.82. The van der Waals surface area contributed by atoms with E-state index in [1.54, 1.807) is 0 Å². The van der Waals surface area contributed by atoms with E-state index in [9.17, 15) is 4.79 Å². The van der Waals surface area contributed by atoms with Crippen LogP contribution >= 0.6 is 0 Å². The maximum absolute atomic E-state index is 10.6. The van der Waals surface area contributed by atoms with Gasteiger partial charge in [-0.25, -0.2) is 0 Å². The molecule has 1 amide bonds. The molecule has 0 aliphatic rings. The number of carbonyl (C=O) groups is 1. The summed E-state index contributed by atoms with van der Waals surface area (Å²) in [5.41, 5.74) is 1.65. The van der Waals surface area contributed by atoms with Gasteiger partial charge in [-0.1, -0.05) is 0 Å². The molecule has 1 rings (SSSR count). The van der Waals surface area contributed by atoms with Crippen molar-refractivity contribution in [2.24, 2.45) is 0 Å². The molecule has 0 radical (unpaired) electrons. The van der Waals surface area contributed by atoms with Crippen molar-refractivity contribution in [1.82, 2.24) is 5.32 Å². The van der Waals surface area contributed by atoms with Crippen LogP contribution < -0.4 is 5.32 Å². The van der Waals surface area contributed by atoms with Gasteiger partial charge in [0.25, 0.3) is 0 Å². The van der Waals surface area contributed by atoms with Crippen molar-refractivity contribution in [3.8, 4) is 0 Å². The number of amides is 1. The molecule has 0 aromatic heterocycles. The van der Waals surface area contributed by atoms with E-state index in [-0.39, 0.29) is 5.91 Å². The predicted octanol–water partition coefficient (Wildman–Crippen LogP) is 0.370. The summed E-state index contributed by atoms with van der Waals surface area (Å²) in [5.74, 6) is -0.0838. The van der Waals surface area contributed by atoms with Crippen LogP contribution in [0, 0.1) is 0 Å². The van der Waals surface area contributed by atoms with Crippen LogP contribution in [-0.4, -0.2) is 25.6 Å². The maximum atomic E-state index is 10.6. The fourth-order valence-electron chi connectivity index (χ4n) is 1.03. The van der Waals surface area contributed by atoms with Crippen LogP contribution in [0.25, 0.3) is 0 Å². The van der Waals surface area contributed by atoms with Gasteiger partial charge in [0.05, 0.1) is 0 Å². The van der Waals surface area contributed by atoms with Crippen LogP contribution in [0.5, 0.6) is 0 Å². The quantitative estimate of drug-likeness (QED) is 0.702. The Balaban J connectivity index is 2.26. The van der Waals surface area contributed by atoms with Gasteiger partial charge in [-0.3, -0.25) is 0 Å². The van der Waals surface area contributed by atoms with Crippen LogP contribution in [0.4, 0.5) is 0 Å². The van der Waals surface area contributed by atoms with E-state index < -0.39 is 0 Å². The molecule has 1 aromatic carbocycles. The van der Waals surface area contributed by atoms with Gasteiger partial charge in [-0.15, -0.1) is 0 Å². The van der Waals surface area contributed by atoms with Crippen molar-refractivity contribution in [2.45, 2.75) is 13.5 Å². The Morgan fingerprint density at radius 1 is 1.40 bits per heavy atom. The summed E-state index contributed by atoms with van der Waals surface area (Å²) in [6.45, 7) is 2.31. The summed E-state index contributed by atoms with van der Waals surface area (Å²) in [6.07, 6.45) is 0. The van der Waals surface area contributed by atoms with E-state index in [4.69, 9.17) is 4.74 Å². The van der Waals surface area contributed by atoms with E-state index in [1.807, 2.05) is 30.3 Å². The van der Waals surface area contributed by atoms with Crippen molar-refractivity contribution in [3.63, 3.8) is 0 Å². The SMILES string of the molecule is B=C(CNC(C)=O)OCc1ccccc1. The molecule has 78 valence electrons. The van der Waals surface area contributed by atoms with Crippen molar-refractivity contribution < 1.29 is 9.53 Å². The van der Waals surface area contributed by atoms with Gasteiger partial charge < -0.3 is 0 Å². The molecule has 0 spiro atoms. The fraction of sp³-hybridized carbons (Fsp3) is 0.273. The zero-order valence-electron chi connectivity index (χ0n) is 8.82. The van der Waals surface area contributed by atoms with E-state index in [2.05, 4.69) is 12.8 Å². The van der Waals surface area contributed by atoms with Gasteiger partial charge in [0.1, 0.15) is 0 Å². The number of ether oxygens (including phenoxy) is 1. The first kappa shape index (κ1) is 11.5. The van der Waals surface area contributed by atoms with E-state index in [0.717, 1.165) is 5.56 Å². The van der Waals surface area contributed by atoms with Crippen LogP contribution in [0.1, 0.15) is 12.5 Å². The second kappa shape index (κ2) is 6.01. The van der Waals surface area contributed by atoms with Crippen molar-refractivity contribution in [2.75, 3.05) is 6.54 Å². The predicted molar refractivity (Wildman–Crippen MR) is 62.1 cm³/mol. The van der Waals surface area contributed by atoms with E-state index >= 15 is 0 Å². The second-order valence-corrected chi connectivity index (χ2v) is 3.22. The summed E-state index contributed by atoms with van der Waals surface area (Å²) in [5, 5.41) is 2.62. The van der Waals surface area contributed by atoms with Gasteiger partial charge >= 0.3 is 89.9 Å². The van der Waals surface area contributed by atoms with Crippen molar-refractivity contribution in [3.05, 3.63) is 35.9 Å². The number of hydrogen-bond donors (Lipinski definition) is 1. The third kappa shape index (κ3) is 5.01. The number of rotatable bonds is 5. The van der Waals surface area contributed by atoms with Gasteiger partial charge in [-0.05, 0) is 0 Å². The minimum absolute atomic E-state index is 0.0838. The number of benzene rings is 1. The Morgan fingerprint density at radius 2 is 2.07 bits per heavy atom. The Kier molecular flexibility index (Phi) is 4.61. The molecular formula is C11H14BNO2. The standard InChI is InChI=1S/C11H14BNO2/c1-9(14)13-7-11(12)15-8-10-5-3-2-4-6-10/h2-6,12H,7-8H2,1H3,(H,13,14). The normalized spacial score (nSPS) is 9.33. The first-order valence-corrected chi connectivity index (χ1v) is 4.77. The molecule has 0 bridgehead atoms. The van der Waals surface area contributed by atoms with Crippen molar-refractivity contribution in [1.29, 1.82) is 0 Å². The first-order valence-electron chi connectivity index (χ1n) is 4.77. The van der Waals surface area contributed by atoms with Gasteiger partial charge in [-0.2, -0.15) is 0 Å². The molecule has 0 aliphatic carbocycles. The average molecular weight is 203 g/mol. The average Bonchev–Trinajstić information content (AvgIpc) is 2.25. The topological polar surface area (TPSA) is 38.3 Å². The molecule has 0 saturated carbocycles.